The van der Waals surface area contributed by atoms with Crippen LogP contribution in [-0.4, -0.2) is 108 Å². The van der Waals surface area contributed by atoms with E-state index in [1.807, 2.05) is 30.9 Å². The molecule has 61 heavy (non-hydrogen) atoms. The lowest BCUT2D eigenvalue weighted by Gasteiger charge is -2.34. The number of nitrogens with zero attached hydrogens (tertiary/aromatic N) is 8. The molecule has 7 rings (SSSR count). The van der Waals surface area contributed by atoms with Gasteiger partial charge < -0.3 is 45.6 Å². The number of carboxylic acid groups (broad SMARTS) is 1. The molecule has 0 aliphatic carbocycles. The van der Waals surface area contributed by atoms with E-state index in [4.69, 9.17) is 20.2 Å². The van der Waals surface area contributed by atoms with Gasteiger partial charge in [0.25, 0.3) is 5.91 Å². The van der Waals surface area contributed by atoms with Crippen molar-refractivity contribution < 1.29 is 39.2 Å². The second-order valence-corrected chi connectivity index (χ2v) is 15.4. The number of phenols is 2. The van der Waals surface area contributed by atoms with Crippen LogP contribution in [0.4, 0.5) is 11.9 Å². The van der Waals surface area contributed by atoms with Gasteiger partial charge in [0, 0.05) is 57.3 Å². The van der Waals surface area contributed by atoms with E-state index in [2.05, 4.69) is 30.4 Å². The standard InChI is InChI=1S/C43H50N10O8/c1-4-45-39(56)38-50-49-37(32-22-31(25(2)3)33(54)23-34(32)55)53(38)28-10-12-29(13-11-28)60-30-16-20-52(21-17-30)43-47-24-46-42(48-43)51-18-14-27(15-19-51)41(59)61-36(40(57)58)35(44)26-8-6-5-7-9-26/h5-13,22-25,27,30,35-36,54-55H,4,14-21,44H2,1-3H3,(H,45,56)(H,57,58). The Bertz CT molecular complexity index is 2330. The second kappa shape index (κ2) is 18.6. The normalized spacial score (nSPS) is 16.0. The van der Waals surface area contributed by atoms with Crippen LogP contribution in [0.2, 0.25) is 0 Å². The van der Waals surface area contributed by atoms with E-state index in [0.717, 1.165) is 0 Å². The monoisotopic (exact) mass is 834 g/mol. The molecule has 2 atom stereocenters. The van der Waals surface area contributed by atoms with E-state index in [-0.39, 0.29) is 35.2 Å². The molecule has 4 heterocycles. The Morgan fingerprint density at radius 2 is 1.51 bits per heavy atom. The maximum atomic E-state index is 13.1. The number of aromatic nitrogens is 6. The van der Waals surface area contributed by atoms with Gasteiger partial charge in [0.2, 0.25) is 23.8 Å². The fourth-order valence-electron chi connectivity index (χ4n) is 7.61. The molecule has 0 spiro atoms. The summed E-state index contributed by atoms with van der Waals surface area (Å²) >= 11 is 0. The number of hydrogen-bond donors (Lipinski definition) is 5. The zero-order valence-electron chi connectivity index (χ0n) is 34.2. The van der Waals surface area contributed by atoms with Crippen LogP contribution in [0.3, 0.4) is 0 Å². The van der Waals surface area contributed by atoms with Gasteiger partial charge in [-0.25, -0.2) is 14.8 Å². The summed E-state index contributed by atoms with van der Waals surface area (Å²) in [4.78, 5) is 55.8. The van der Waals surface area contributed by atoms with Gasteiger partial charge in [-0.3, -0.25) is 14.2 Å². The van der Waals surface area contributed by atoms with Crippen molar-refractivity contribution in [1.82, 2.24) is 35.0 Å². The van der Waals surface area contributed by atoms with E-state index >= 15 is 0 Å². The van der Waals surface area contributed by atoms with Crippen molar-refractivity contribution in [3.8, 4) is 34.3 Å². The molecule has 0 bridgehead atoms. The van der Waals surface area contributed by atoms with Gasteiger partial charge in [-0.2, -0.15) is 4.98 Å². The number of phenolic OH excluding ortho intramolecular Hbond substituents is 2. The zero-order valence-corrected chi connectivity index (χ0v) is 34.2. The summed E-state index contributed by atoms with van der Waals surface area (Å²) in [5.41, 5.74) is 8.26. The van der Waals surface area contributed by atoms with Crippen LogP contribution >= 0.6 is 0 Å². The minimum absolute atomic E-state index is 0.0350. The molecule has 0 saturated carbocycles. The second-order valence-electron chi connectivity index (χ2n) is 15.4. The number of carbonyl (C=O) groups is 3. The summed E-state index contributed by atoms with van der Waals surface area (Å²) in [6.07, 6.45) is 2.19. The van der Waals surface area contributed by atoms with Crippen LogP contribution in [-0.2, 0) is 14.3 Å². The lowest BCUT2D eigenvalue weighted by atomic mass is 9.96. The Morgan fingerprint density at radius 3 is 2.11 bits per heavy atom. The summed E-state index contributed by atoms with van der Waals surface area (Å²) in [5.74, 6) is -1.11. The van der Waals surface area contributed by atoms with Crippen LogP contribution in [0, 0.1) is 5.92 Å². The predicted octanol–water partition coefficient (Wildman–Crippen LogP) is 4.36. The minimum atomic E-state index is -1.50. The third kappa shape index (κ3) is 9.49. The number of nitrogens with two attached hydrogens (primary N) is 1. The van der Waals surface area contributed by atoms with Gasteiger partial charge >= 0.3 is 11.9 Å². The molecule has 320 valence electrons. The summed E-state index contributed by atoms with van der Waals surface area (Å²) < 4.78 is 13.4. The Morgan fingerprint density at radius 1 is 0.869 bits per heavy atom. The van der Waals surface area contributed by atoms with Crippen LogP contribution < -0.4 is 25.6 Å². The Hall–Kier alpha value is -6.82. The maximum absolute atomic E-state index is 13.1. The van der Waals surface area contributed by atoms with Gasteiger partial charge in [0.15, 0.2) is 5.82 Å². The van der Waals surface area contributed by atoms with E-state index in [1.54, 1.807) is 60.0 Å². The number of aliphatic carboxylic acids is 1. The number of rotatable bonds is 14. The molecule has 2 aromatic heterocycles. The van der Waals surface area contributed by atoms with E-state index in [0.29, 0.717) is 98.4 Å². The largest absolute Gasteiger partial charge is 0.508 e. The number of esters is 1. The lowest BCUT2D eigenvalue weighted by Crippen LogP contribution is -2.42. The number of amides is 1. The SMILES string of the molecule is CCNC(=O)c1nnc(-c2cc(C(C)C)c(O)cc2O)n1-c1ccc(OC2CCN(c3ncnc(N4CCC(C(=O)OC(C(=O)O)C(N)c5ccccc5)CC4)n3)CC2)cc1. The van der Waals surface area contributed by atoms with Gasteiger partial charge in [-0.1, -0.05) is 44.2 Å². The molecule has 0 radical (unpaired) electrons. The first-order chi connectivity index (χ1) is 29.4. The molecule has 2 unspecified atom stereocenters. The van der Waals surface area contributed by atoms with Crippen LogP contribution in [0.5, 0.6) is 17.2 Å². The van der Waals surface area contributed by atoms with Crippen molar-refractivity contribution in [1.29, 1.82) is 0 Å². The van der Waals surface area contributed by atoms with Gasteiger partial charge in [-0.15, -0.1) is 10.2 Å². The molecule has 2 aliphatic rings. The molecular weight excluding hydrogens is 785 g/mol. The average Bonchev–Trinajstić information content (AvgIpc) is 3.71. The number of aromatic hydroxyl groups is 2. The fourth-order valence-corrected chi connectivity index (χ4v) is 7.61. The van der Waals surface area contributed by atoms with Crippen LogP contribution in [0.1, 0.15) is 80.2 Å². The van der Waals surface area contributed by atoms with Crippen molar-refractivity contribution in [2.75, 3.05) is 42.5 Å². The summed E-state index contributed by atoms with van der Waals surface area (Å²) in [6, 6.07) is 17.9. The first-order valence-corrected chi connectivity index (χ1v) is 20.4. The highest BCUT2D eigenvalue weighted by molar-refractivity contribution is 5.92. The van der Waals surface area contributed by atoms with E-state index in [1.165, 1.54) is 12.4 Å². The highest BCUT2D eigenvalue weighted by atomic mass is 16.6. The van der Waals surface area contributed by atoms with Gasteiger partial charge in [0.1, 0.15) is 29.7 Å². The predicted molar refractivity (Wildman–Crippen MR) is 224 cm³/mol. The number of piperidine rings is 2. The molecule has 2 aliphatic heterocycles. The molecule has 2 fully saturated rings. The molecule has 3 aromatic carbocycles. The number of carbonyl (C=O) groups excluding carboxylic acids is 2. The Kier molecular flexibility index (Phi) is 12.9. The van der Waals surface area contributed by atoms with Crippen molar-refractivity contribution >= 4 is 29.7 Å². The average molecular weight is 835 g/mol. The molecule has 18 heteroatoms. The number of hydrogen-bond acceptors (Lipinski definition) is 15. The first kappa shape index (κ1) is 42.3. The third-order valence-electron chi connectivity index (χ3n) is 11.0. The van der Waals surface area contributed by atoms with Crippen molar-refractivity contribution in [3.05, 3.63) is 90.0 Å². The topological polar surface area (TPSA) is 244 Å². The zero-order chi connectivity index (χ0) is 43.2. The van der Waals surface area contributed by atoms with Crippen molar-refractivity contribution in [3.63, 3.8) is 0 Å². The number of ether oxygens (including phenoxy) is 2. The van der Waals surface area contributed by atoms with Crippen LogP contribution in [0.15, 0.2) is 73.1 Å². The van der Waals surface area contributed by atoms with Crippen LogP contribution in [0.25, 0.3) is 17.1 Å². The van der Waals surface area contributed by atoms with Crippen molar-refractivity contribution in [2.24, 2.45) is 11.7 Å². The molecule has 2 saturated heterocycles. The Labute approximate surface area is 352 Å². The summed E-state index contributed by atoms with van der Waals surface area (Å²) in [7, 11) is 0. The molecule has 5 aromatic rings. The number of anilines is 2. The van der Waals surface area contributed by atoms with Gasteiger partial charge in [-0.05, 0) is 67.1 Å². The van der Waals surface area contributed by atoms with Crippen molar-refractivity contribution in [2.45, 2.75) is 70.6 Å². The lowest BCUT2D eigenvalue weighted by molar-refractivity contribution is -0.169. The molecule has 1 amide bonds. The highest BCUT2D eigenvalue weighted by Crippen LogP contribution is 2.38. The minimum Gasteiger partial charge on any atom is -0.508 e. The molecule has 18 nitrogen and oxygen atoms in total. The number of carboxylic acids is 1. The van der Waals surface area contributed by atoms with E-state index in [9.17, 15) is 29.7 Å². The first-order valence-electron chi connectivity index (χ1n) is 20.4. The number of nitrogens with one attached hydrogen (secondary N) is 1. The van der Waals surface area contributed by atoms with Gasteiger partial charge in [0.05, 0.1) is 17.5 Å². The summed E-state index contributed by atoms with van der Waals surface area (Å²) in [5, 5.41) is 42.3. The quantitative estimate of drug-likeness (QED) is 0.0976. The summed E-state index contributed by atoms with van der Waals surface area (Å²) in [6.45, 7) is 8.28. The smallest absolute Gasteiger partial charge is 0.347 e. The third-order valence-corrected chi connectivity index (χ3v) is 11.0. The maximum Gasteiger partial charge on any atom is 0.347 e. The molecule has 6 N–H and O–H groups in total. The fraction of sp³-hybridized carbons (Fsp3) is 0.395. The highest BCUT2D eigenvalue weighted by Gasteiger charge is 2.35. The molecular formula is C43H50N10O8. The number of benzene rings is 3. The Balaban J connectivity index is 0.951. The van der Waals surface area contributed by atoms with E-state index < -0.39 is 35.9 Å².